The van der Waals surface area contributed by atoms with E-state index in [1.807, 2.05) is 13.8 Å². The van der Waals surface area contributed by atoms with Crippen LogP contribution in [0.2, 0.25) is 0 Å². The summed E-state index contributed by atoms with van der Waals surface area (Å²) < 4.78 is 6.11. The quantitative estimate of drug-likeness (QED) is 0.400. The van der Waals surface area contributed by atoms with Crippen molar-refractivity contribution in [1.29, 1.82) is 0 Å². The van der Waals surface area contributed by atoms with E-state index >= 15 is 0 Å². The molecule has 3 fully saturated rings. The number of aliphatic hydroxyl groups excluding tert-OH is 1. The number of esters is 1. The van der Waals surface area contributed by atoms with Crippen LogP contribution in [0, 0.1) is 28.6 Å². The van der Waals surface area contributed by atoms with Crippen LogP contribution in [-0.4, -0.2) is 39.8 Å². The fourth-order valence-electron chi connectivity index (χ4n) is 7.72. The van der Waals surface area contributed by atoms with Gasteiger partial charge in [-0.3, -0.25) is 4.79 Å². The third kappa shape index (κ3) is 3.10. The van der Waals surface area contributed by atoms with Gasteiger partial charge in [0.15, 0.2) is 0 Å². The first-order valence-corrected chi connectivity index (χ1v) is 11.9. The number of hydrogen-bond donors (Lipinski definition) is 2. The number of hydrogen-bond acceptors (Lipinski definition) is 5. The summed E-state index contributed by atoms with van der Waals surface area (Å²) in [5.74, 6) is -0.413. The highest BCUT2D eigenvalue weighted by molar-refractivity contribution is 5.88. The fourth-order valence-corrected chi connectivity index (χ4v) is 7.72. The Labute approximate surface area is 185 Å². The predicted molar refractivity (Wildman–Crippen MR) is 118 cm³/mol. The van der Waals surface area contributed by atoms with Gasteiger partial charge in [0.05, 0.1) is 11.7 Å². The Kier molecular flexibility index (Phi) is 5.54. The highest BCUT2D eigenvalue weighted by Crippen LogP contribution is 2.68. The van der Waals surface area contributed by atoms with Gasteiger partial charge >= 0.3 is 5.97 Å². The molecule has 31 heavy (non-hydrogen) atoms. The molecule has 0 aliphatic heterocycles. The lowest BCUT2D eigenvalue weighted by atomic mass is 9.45. The molecule has 0 bridgehead atoms. The second-order valence-electron chi connectivity index (χ2n) is 11.0. The Hall–Kier alpha value is -1.46. The molecule has 0 aromatic carbocycles. The van der Waals surface area contributed by atoms with E-state index in [0.717, 1.165) is 19.3 Å². The minimum absolute atomic E-state index is 0.0311. The highest BCUT2D eigenvalue weighted by atomic mass is 16.5. The van der Waals surface area contributed by atoms with Crippen LogP contribution in [0.4, 0.5) is 0 Å². The van der Waals surface area contributed by atoms with Gasteiger partial charge in [0.1, 0.15) is 11.9 Å². The highest BCUT2D eigenvalue weighted by Gasteiger charge is 2.71. The number of rotatable bonds is 3. The Morgan fingerprint density at radius 1 is 1.16 bits per heavy atom. The van der Waals surface area contributed by atoms with Crippen molar-refractivity contribution in [3.05, 3.63) is 23.3 Å². The minimum atomic E-state index is -1.05. The second kappa shape index (κ2) is 7.55. The van der Waals surface area contributed by atoms with Crippen molar-refractivity contribution in [2.45, 2.75) is 97.4 Å². The van der Waals surface area contributed by atoms with E-state index < -0.39 is 17.1 Å². The van der Waals surface area contributed by atoms with Crippen LogP contribution in [0.25, 0.3) is 0 Å². The standard InChI is InChI=1S/C26H38O5/c1-6-15(2)23(29)31-22-14-21-20(8-7-17-13-18(28)9-11-24(17,21)4)26(30)12-10-19(16(3)27)25(22,26)5/h6-7,18-22,28,30H,8-14H2,1-5H3/b15-6+/t18-,19-,20+,21-,22+,24-,25-,26-/m0/s1. The zero-order valence-corrected chi connectivity index (χ0v) is 19.6. The monoisotopic (exact) mass is 430 g/mol. The van der Waals surface area contributed by atoms with Crippen LogP contribution < -0.4 is 0 Å². The van der Waals surface area contributed by atoms with Gasteiger partial charge in [-0.25, -0.2) is 4.79 Å². The Bertz CT molecular complexity index is 843. The average molecular weight is 431 g/mol. The molecule has 0 unspecified atom stereocenters. The Morgan fingerprint density at radius 2 is 1.87 bits per heavy atom. The molecule has 0 spiro atoms. The van der Waals surface area contributed by atoms with Gasteiger partial charge in [0.25, 0.3) is 0 Å². The number of carbonyl (C=O) groups excluding carboxylic acids is 2. The van der Waals surface area contributed by atoms with Crippen LogP contribution >= 0.6 is 0 Å². The molecule has 0 amide bonds. The molecule has 8 atom stereocenters. The molecule has 4 aliphatic rings. The van der Waals surface area contributed by atoms with Crippen molar-refractivity contribution in [3.8, 4) is 0 Å². The number of ketones is 1. The van der Waals surface area contributed by atoms with E-state index in [-0.39, 0.29) is 41.0 Å². The summed E-state index contributed by atoms with van der Waals surface area (Å²) in [7, 11) is 0. The van der Waals surface area contributed by atoms with E-state index in [1.54, 1.807) is 19.9 Å². The zero-order chi connectivity index (χ0) is 22.8. The second-order valence-corrected chi connectivity index (χ2v) is 11.0. The van der Waals surface area contributed by atoms with Crippen LogP contribution in [0.5, 0.6) is 0 Å². The van der Waals surface area contributed by atoms with Crippen molar-refractivity contribution in [1.82, 2.24) is 0 Å². The van der Waals surface area contributed by atoms with Crippen molar-refractivity contribution < 1.29 is 24.5 Å². The average Bonchev–Trinajstić information content (AvgIpc) is 3.01. The van der Waals surface area contributed by atoms with Crippen molar-refractivity contribution >= 4 is 11.8 Å². The normalized spacial score (nSPS) is 47.0. The summed E-state index contributed by atoms with van der Waals surface area (Å²) in [6.45, 7) is 9.40. The minimum Gasteiger partial charge on any atom is -0.458 e. The van der Waals surface area contributed by atoms with Gasteiger partial charge in [0.2, 0.25) is 0 Å². The van der Waals surface area contributed by atoms with E-state index in [4.69, 9.17) is 4.74 Å². The molecule has 4 aliphatic carbocycles. The molecule has 5 heteroatoms. The van der Waals surface area contributed by atoms with Gasteiger partial charge in [-0.15, -0.1) is 0 Å². The van der Waals surface area contributed by atoms with Crippen LogP contribution in [0.15, 0.2) is 23.3 Å². The molecule has 0 aromatic heterocycles. The summed E-state index contributed by atoms with van der Waals surface area (Å²) in [6.07, 6.45) is 8.10. The Morgan fingerprint density at radius 3 is 2.52 bits per heavy atom. The van der Waals surface area contributed by atoms with Crippen molar-refractivity contribution in [2.24, 2.45) is 28.6 Å². The van der Waals surface area contributed by atoms with E-state index in [1.165, 1.54) is 5.57 Å². The van der Waals surface area contributed by atoms with Gasteiger partial charge in [-0.2, -0.15) is 0 Å². The van der Waals surface area contributed by atoms with Crippen LogP contribution in [0.1, 0.15) is 79.6 Å². The maximum atomic E-state index is 12.8. The summed E-state index contributed by atoms with van der Waals surface area (Å²) in [5, 5.41) is 22.5. The maximum Gasteiger partial charge on any atom is 0.333 e. The van der Waals surface area contributed by atoms with Gasteiger partial charge in [-0.05, 0) is 83.0 Å². The van der Waals surface area contributed by atoms with Crippen LogP contribution in [0.3, 0.4) is 0 Å². The SMILES string of the molecule is C/C=C(\C)C(=O)O[C@@H]1C[C@H]2[C@@H](CC=C3C[C@@H](O)CC[C@@]32C)[C@@]2(O)CC[C@@H](C(C)=O)[C@@]12C. The number of ether oxygens (including phenoxy) is 1. The van der Waals surface area contributed by atoms with Gasteiger partial charge in [0, 0.05) is 16.9 Å². The van der Waals surface area contributed by atoms with Crippen molar-refractivity contribution in [2.75, 3.05) is 0 Å². The lowest BCUT2D eigenvalue weighted by Crippen LogP contribution is -2.66. The molecule has 0 aromatic rings. The largest absolute Gasteiger partial charge is 0.458 e. The summed E-state index contributed by atoms with van der Waals surface area (Å²) in [5.41, 5.74) is -0.131. The molecular formula is C26H38O5. The lowest BCUT2D eigenvalue weighted by Gasteiger charge is -2.62. The molecular weight excluding hydrogens is 392 g/mol. The van der Waals surface area contributed by atoms with E-state index in [2.05, 4.69) is 13.0 Å². The summed E-state index contributed by atoms with van der Waals surface area (Å²) in [6, 6.07) is 0. The molecule has 0 saturated heterocycles. The molecule has 0 radical (unpaired) electrons. The summed E-state index contributed by atoms with van der Waals surface area (Å²) >= 11 is 0. The van der Waals surface area contributed by atoms with E-state index in [0.29, 0.717) is 31.3 Å². The fraction of sp³-hybridized carbons (Fsp3) is 0.769. The molecule has 5 nitrogen and oxygen atoms in total. The number of Topliss-reactive ketones (excluding diaryl/α,β-unsaturated/α-hetero) is 1. The third-order valence-electron chi connectivity index (χ3n) is 9.82. The number of allylic oxidation sites excluding steroid dienone is 2. The number of carbonyl (C=O) groups is 2. The molecule has 3 saturated carbocycles. The van der Waals surface area contributed by atoms with E-state index in [9.17, 15) is 19.8 Å². The van der Waals surface area contributed by atoms with Crippen molar-refractivity contribution in [3.63, 3.8) is 0 Å². The lowest BCUT2D eigenvalue weighted by molar-refractivity contribution is -0.232. The summed E-state index contributed by atoms with van der Waals surface area (Å²) in [4.78, 5) is 25.5. The maximum absolute atomic E-state index is 12.8. The predicted octanol–water partition coefficient (Wildman–Crippen LogP) is 4.12. The number of fused-ring (bicyclic) bond motifs is 5. The first kappa shape index (κ1) is 22.7. The smallest absolute Gasteiger partial charge is 0.333 e. The molecule has 4 rings (SSSR count). The topological polar surface area (TPSA) is 83.8 Å². The van der Waals surface area contributed by atoms with Gasteiger partial charge in [-0.1, -0.05) is 31.6 Å². The van der Waals surface area contributed by atoms with Crippen LogP contribution in [-0.2, 0) is 14.3 Å². The molecule has 0 heterocycles. The first-order chi connectivity index (χ1) is 14.5. The Balaban J connectivity index is 1.79. The molecule has 2 N–H and O–H groups in total. The zero-order valence-electron chi connectivity index (χ0n) is 19.6. The third-order valence-corrected chi connectivity index (χ3v) is 9.82. The van der Waals surface area contributed by atoms with Gasteiger partial charge < -0.3 is 14.9 Å². The first-order valence-electron chi connectivity index (χ1n) is 11.9. The molecule has 172 valence electrons. The number of aliphatic hydroxyl groups is 2.